The van der Waals surface area contributed by atoms with Crippen molar-refractivity contribution in [2.75, 3.05) is 24.5 Å². The van der Waals surface area contributed by atoms with Gasteiger partial charge in [0.25, 0.3) is 5.91 Å². The van der Waals surface area contributed by atoms with Crippen LogP contribution >= 0.6 is 11.6 Å². The van der Waals surface area contributed by atoms with Crippen LogP contribution in [0.4, 0.5) is 5.69 Å². The Hall–Kier alpha value is -2.00. The summed E-state index contributed by atoms with van der Waals surface area (Å²) in [6.07, 6.45) is 8.30. The van der Waals surface area contributed by atoms with Crippen LogP contribution in [0.1, 0.15) is 60.0 Å². The molecular formula is C24H30ClN2O. The van der Waals surface area contributed by atoms with Gasteiger partial charge in [0.15, 0.2) is 0 Å². The van der Waals surface area contributed by atoms with Gasteiger partial charge in [0.1, 0.15) is 0 Å². The average molecular weight is 398 g/mol. The van der Waals surface area contributed by atoms with E-state index in [4.69, 9.17) is 11.6 Å². The lowest BCUT2D eigenvalue weighted by Crippen LogP contribution is -2.31. The minimum atomic E-state index is -0.0499. The number of carbonyl (C=O) groups is 1. The fourth-order valence-corrected chi connectivity index (χ4v) is 3.92. The Morgan fingerprint density at radius 1 is 0.964 bits per heavy atom. The maximum atomic E-state index is 12.9. The minimum Gasteiger partial charge on any atom is -0.371 e. The van der Waals surface area contributed by atoms with E-state index in [1.807, 2.05) is 24.3 Å². The summed E-state index contributed by atoms with van der Waals surface area (Å²) in [6, 6.07) is 13.8. The van der Waals surface area contributed by atoms with Gasteiger partial charge in [0, 0.05) is 30.3 Å². The monoisotopic (exact) mass is 397 g/mol. The van der Waals surface area contributed by atoms with E-state index >= 15 is 0 Å². The molecule has 0 atom stereocenters. The van der Waals surface area contributed by atoms with E-state index in [1.165, 1.54) is 44.1 Å². The highest BCUT2D eigenvalue weighted by Crippen LogP contribution is 2.26. The molecule has 28 heavy (non-hydrogen) atoms. The molecule has 2 aromatic carbocycles. The lowest BCUT2D eigenvalue weighted by molar-refractivity contribution is 0.0954. The van der Waals surface area contributed by atoms with Crippen LogP contribution in [-0.2, 0) is 6.42 Å². The molecule has 3 nitrogen and oxygen atoms in total. The van der Waals surface area contributed by atoms with Gasteiger partial charge in [-0.3, -0.25) is 4.79 Å². The number of benzene rings is 2. The Balaban J connectivity index is 1.68. The number of hydrogen-bond donors (Lipinski definition) is 1. The molecule has 1 aliphatic rings. The molecule has 0 spiro atoms. The third kappa shape index (κ3) is 6.00. The Bertz CT molecular complexity index is 763. The molecule has 1 fully saturated rings. The first-order chi connectivity index (χ1) is 13.6. The van der Waals surface area contributed by atoms with Crippen LogP contribution in [0, 0.1) is 6.92 Å². The van der Waals surface area contributed by atoms with E-state index in [-0.39, 0.29) is 5.91 Å². The number of carbonyl (C=O) groups excluding carboxylic acids is 1. The normalized spacial score (nSPS) is 15.4. The van der Waals surface area contributed by atoms with Gasteiger partial charge in [-0.15, -0.1) is 0 Å². The predicted molar refractivity (Wildman–Crippen MR) is 118 cm³/mol. The number of amides is 1. The highest BCUT2D eigenvalue weighted by molar-refractivity contribution is 6.31. The van der Waals surface area contributed by atoms with Crippen molar-refractivity contribution in [3.8, 4) is 0 Å². The molecule has 0 aromatic heterocycles. The molecule has 4 heteroatoms. The van der Waals surface area contributed by atoms with Crippen LogP contribution in [0.3, 0.4) is 0 Å². The van der Waals surface area contributed by atoms with Gasteiger partial charge < -0.3 is 10.2 Å². The molecule has 0 unspecified atom stereocenters. The van der Waals surface area contributed by atoms with Gasteiger partial charge in [-0.25, -0.2) is 0 Å². The number of halogens is 1. The Kier molecular flexibility index (Phi) is 7.79. The summed E-state index contributed by atoms with van der Waals surface area (Å²) in [6.45, 7) is 6.50. The van der Waals surface area contributed by atoms with E-state index in [1.54, 1.807) is 6.07 Å². The zero-order valence-electron chi connectivity index (χ0n) is 16.6. The highest BCUT2D eigenvalue weighted by Gasteiger charge is 2.17. The zero-order valence-corrected chi connectivity index (χ0v) is 17.3. The second-order valence-electron chi connectivity index (χ2n) is 7.59. The maximum absolute atomic E-state index is 12.9. The van der Waals surface area contributed by atoms with Gasteiger partial charge >= 0.3 is 0 Å². The van der Waals surface area contributed by atoms with Crippen molar-refractivity contribution in [1.29, 1.82) is 0 Å². The maximum Gasteiger partial charge on any atom is 0.253 e. The molecule has 3 rings (SSSR count). The summed E-state index contributed by atoms with van der Waals surface area (Å²) in [5, 5.41) is 3.67. The SMILES string of the molecule is [CH2]c1ccc(CCNC(=O)c2cc(Cl)ccc2N2CCCCCCCC2)cc1. The molecule has 1 aliphatic heterocycles. The van der Waals surface area contributed by atoms with Crippen LogP contribution in [0.15, 0.2) is 42.5 Å². The summed E-state index contributed by atoms with van der Waals surface area (Å²) >= 11 is 6.22. The topological polar surface area (TPSA) is 32.3 Å². The van der Waals surface area contributed by atoms with E-state index in [2.05, 4.69) is 29.3 Å². The molecule has 0 aliphatic carbocycles. The summed E-state index contributed by atoms with van der Waals surface area (Å²) in [5.74, 6) is -0.0499. The molecule has 1 heterocycles. The van der Waals surface area contributed by atoms with Gasteiger partial charge in [0.2, 0.25) is 0 Å². The van der Waals surface area contributed by atoms with E-state index in [0.717, 1.165) is 30.8 Å². The highest BCUT2D eigenvalue weighted by atomic mass is 35.5. The Morgan fingerprint density at radius 2 is 1.61 bits per heavy atom. The lowest BCUT2D eigenvalue weighted by Gasteiger charge is -2.26. The first-order valence-corrected chi connectivity index (χ1v) is 10.7. The van der Waals surface area contributed by atoms with Crippen molar-refractivity contribution < 1.29 is 4.79 Å². The summed E-state index contributed by atoms with van der Waals surface area (Å²) in [5.41, 5.74) is 3.88. The van der Waals surface area contributed by atoms with Crippen LogP contribution in [0.5, 0.6) is 0 Å². The molecule has 0 saturated carbocycles. The van der Waals surface area contributed by atoms with Crippen molar-refractivity contribution in [2.45, 2.75) is 44.9 Å². The molecule has 149 valence electrons. The molecule has 1 amide bonds. The van der Waals surface area contributed by atoms with Gasteiger partial charge in [-0.2, -0.15) is 0 Å². The van der Waals surface area contributed by atoms with E-state index < -0.39 is 0 Å². The number of nitrogens with one attached hydrogen (secondary N) is 1. The molecule has 1 N–H and O–H groups in total. The first kappa shape index (κ1) is 20.7. The van der Waals surface area contributed by atoms with Gasteiger partial charge in [0.05, 0.1) is 5.56 Å². The largest absolute Gasteiger partial charge is 0.371 e. The molecule has 0 bridgehead atoms. The second kappa shape index (κ2) is 10.5. The molecular weight excluding hydrogens is 368 g/mol. The Labute approximate surface area is 174 Å². The first-order valence-electron chi connectivity index (χ1n) is 10.4. The number of nitrogens with zero attached hydrogens (tertiary/aromatic N) is 1. The van der Waals surface area contributed by atoms with E-state index in [9.17, 15) is 4.79 Å². The zero-order chi connectivity index (χ0) is 19.8. The fraction of sp³-hybridized carbons (Fsp3) is 0.417. The van der Waals surface area contributed by atoms with Crippen molar-refractivity contribution in [1.82, 2.24) is 5.32 Å². The summed E-state index contributed by atoms with van der Waals surface area (Å²) in [4.78, 5) is 15.3. The predicted octanol–water partition coefficient (Wildman–Crippen LogP) is 5.66. The van der Waals surface area contributed by atoms with Crippen LogP contribution in [0.25, 0.3) is 0 Å². The molecule has 2 aromatic rings. The average Bonchev–Trinajstić information content (AvgIpc) is 2.83. The Morgan fingerprint density at radius 3 is 2.29 bits per heavy atom. The fourth-order valence-electron chi connectivity index (χ4n) is 3.75. The number of rotatable bonds is 5. The van der Waals surface area contributed by atoms with Crippen LogP contribution in [0.2, 0.25) is 5.02 Å². The number of anilines is 1. The third-order valence-corrected chi connectivity index (χ3v) is 5.61. The third-order valence-electron chi connectivity index (χ3n) is 5.37. The van der Waals surface area contributed by atoms with Gasteiger partial charge in [-0.1, -0.05) is 61.5 Å². The van der Waals surface area contributed by atoms with Crippen LogP contribution in [-0.4, -0.2) is 25.5 Å². The van der Waals surface area contributed by atoms with Crippen molar-refractivity contribution in [3.05, 3.63) is 71.1 Å². The smallest absolute Gasteiger partial charge is 0.253 e. The lowest BCUT2D eigenvalue weighted by atomic mass is 10.1. The van der Waals surface area contributed by atoms with Crippen molar-refractivity contribution in [2.24, 2.45) is 0 Å². The summed E-state index contributed by atoms with van der Waals surface area (Å²) in [7, 11) is 0. The quantitative estimate of drug-likeness (QED) is 0.706. The summed E-state index contributed by atoms with van der Waals surface area (Å²) < 4.78 is 0. The minimum absolute atomic E-state index is 0.0499. The van der Waals surface area contributed by atoms with Crippen molar-refractivity contribution >= 4 is 23.2 Å². The standard InChI is InChI=1S/C24H30ClN2O/c1-19-8-10-20(11-9-19)14-15-26-24(28)22-18-21(25)12-13-23(22)27-16-6-4-2-3-5-7-17-27/h8-13,18H,1-7,14-17H2,(H,26,28). The molecule has 1 saturated heterocycles. The van der Waals surface area contributed by atoms with Crippen LogP contribution < -0.4 is 10.2 Å². The van der Waals surface area contributed by atoms with Gasteiger partial charge in [-0.05, 0) is 55.5 Å². The second-order valence-corrected chi connectivity index (χ2v) is 8.03. The molecule has 1 radical (unpaired) electrons. The van der Waals surface area contributed by atoms with E-state index in [0.29, 0.717) is 17.1 Å². The van der Waals surface area contributed by atoms with Crippen molar-refractivity contribution in [3.63, 3.8) is 0 Å². The number of hydrogen-bond acceptors (Lipinski definition) is 2.